The van der Waals surface area contributed by atoms with E-state index in [0.29, 0.717) is 24.9 Å². The van der Waals surface area contributed by atoms with Crippen molar-refractivity contribution < 1.29 is 14.3 Å². The van der Waals surface area contributed by atoms with E-state index in [9.17, 15) is 9.59 Å². The first-order valence-electron chi connectivity index (χ1n) is 7.38. The number of ether oxygens (including phenoxy) is 1. The molecule has 1 N–H and O–H groups in total. The van der Waals surface area contributed by atoms with Gasteiger partial charge in [-0.2, -0.15) is 0 Å². The van der Waals surface area contributed by atoms with Crippen molar-refractivity contribution in [2.75, 3.05) is 6.54 Å². The van der Waals surface area contributed by atoms with E-state index in [2.05, 4.69) is 11.2 Å². The van der Waals surface area contributed by atoms with Crippen LogP contribution in [-0.2, 0) is 9.53 Å². The molecule has 4 heteroatoms. The van der Waals surface area contributed by atoms with Crippen molar-refractivity contribution in [1.82, 2.24) is 5.32 Å². The van der Waals surface area contributed by atoms with Crippen LogP contribution in [0.15, 0.2) is 24.3 Å². The van der Waals surface area contributed by atoms with Crippen LogP contribution in [0.3, 0.4) is 0 Å². The van der Waals surface area contributed by atoms with E-state index in [1.54, 1.807) is 24.3 Å². The second-order valence-electron chi connectivity index (χ2n) is 6.02. The number of amides is 1. The van der Waals surface area contributed by atoms with E-state index < -0.39 is 5.60 Å². The van der Waals surface area contributed by atoms with Gasteiger partial charge in [-0.05, 0) is 57.9 Å². The van der Waals surface area contributed by atoms with E-state index in [1.807, 2.05) is 20.8 Å². The Kier molecular flexibility index (Phi) is 6.65. The van der Waals surface area contributed by atoms with E-state index in [0.717, 1.165) is 12.0 Å². The Balaban J connectivity index is 2.23. The zero-order chi connectivity index (χ0) is 16.6. The molecule has 0 saturated carbocycles. The van der Waals surface area contributed by atoms with Crippen molar-refractivity contribution in [2.45, 2.75) is 45.6 Å². The first kappa shape index (κ1) is 17.8. The lowest BCUT2D eigenvalue weighted by Gasteiger charge is -2.19. The molecule has 1 aromatic carbocycles. The normalized spacial score (nSPS) is 10.6. The number of terminal acetylenes is 1. The lowest BCUT2D eigenvalue weighted by atomic mass is 10.1. The summed E-state index contributed by atoms with van der Waals surface area (Å²) in [6, 6.07) is 6.87. The van der Waals surface area contributed by atoms with Crippen molar-refractivity contribution in [3.8, 4) is 12.3 Å². The Morgan fingerprint density at radius 1 is 1.18 bits per heavy atom. The van der Waals surface area contributed by atoms with Gasteiger partial charge in [0, 0.05) is 24.1 Å². The highest BCUT2D eigenvalue weighted by Crippen LogP contribution is 2.09. The molecule has 118 valence electrons. The number of hydrogen-bond donors (Lipinski definition) is 1. The van der Waals surface area contributed by atoms with Crippen LogP contribution in [0.2, 0.25) is 0 Å². The number of esters is 1. The Hall–Kier alpha value is -2.28. The minimum Gasteiger partial charge on any atom is -0.460 e. The number of hydrogen-bond acceptors (Lipinski definition) is 3. The van der Waals surface area contributed by atoms with Gasteiger partial charge in [-0.1, -0.05) is 5.92 Å². The van der Waals surface area contributed by atoms with Crippen LogP contribution in [0.5, 0.6) is 0 Å². The third kappa shape index (κ3) is 6.94. The molecule has 4 nitrogen and oxygen atoms in total. The second kappa shape index (κ2) is 8.23. The third-order valence-electron chi connectivity index (χ3n) is 2.83. The van der Waals surface area contributed by atoms with Crippen LogP contribution >= 0.6 is 0 Å². The maximum atomic E-state index is 11.9. The lowest BCUT2D eigenvalue weighted by Crippen LogP contribution is -2.25. The fourth-order valence-corrected chi connectivity index (χ4v) is 1.81. The van der Waals surface area contributed by atoms with Crippen molar-refractivity contribution in [1.29, 1.82) is 0 Å². The van der Waals surface area contributed by atoms with Gasteiger partial charge < -0.3 is 10.1 Å². The Labute approximate surface area is 132 Å². The van der Waals surface area contributed by atoms with Crippen molar-refractivity contribution >= 4 is 11.9 Å². The molecule has 0 aliphatic rings. The standard InChI is InChI=1S/C18H23NO3/c1-5-14-9-11-15(12-10-14)17(21)19-13-7-6-8-16(20)22-18(2,3)4/h1,9-12H,6-8,13H2,2-4H3,(H,19,21). The fraction of sp³-hybridized carbons (Fsp3) is 0.444. The second-order valence-corrected chi connectivity index (χ2v) is 6.02. The zero-order valence-corrected chi connectivity index (χ0v) is 13.4. The number of nitrogens with one attached hydrogen (secondary N) is 1. The number of carbonyl (C=O) groups is 2. The molecule has 0 saturated heterocycles. The molecule has 0 atom stereocenters. The molecule has 22 heavy (non-hydrogen) atoms. The van der Waals surface area contributed by atoms with E-state index in [1.165, 1.54) is 0 Å². The number of rotatable bonds is 6. The van der Waals surface area contributed by atoms with Crippen molar-refractivity contribution in [3.63, 3.8) is 0 Å². The Morgan fingerprint density at radius 3 is 2.36 bits per heavy atom. The maximum Gasteiger partial charge on any atom is 0.306 e. The molecule has 1 aromatic rings. The van der Waals surface area contributed by atoms with Gasteiger partial charge in [0.1, 0.15) is 5.60 Å². The highest BCUT2D eigenvalue weighted by molar-refractivity contribution is 5.94. The Bertz CT molecular complexity index is 547. The molecule has 0 bridgehead atoms. The van der Waals surface area contributed by atoms with Crippen molar-refractivity contribution in [3.05, 3.63) is 35.4 Å². The van der Waals surface area contributed by atoms with Gasteiger partial charge in [0.15, 0.2) is 0 Å². The summed E-state index contributed by atoms with van der Waals surface area (Å²) in [5, 5.41) is 2.82. The summed E-state index contributed by atoms with van der Waals surface area (Å²) < 4.78 is 5.21. The molecule has 0 heterocycles. The first-order chi connectivity index (χ1) is 10.3. The minimum absolute atomic E-state index is 0.138. The monoisotopic (exact) mass is 301 g/mol. The smallest absolute Gasteiger partial charge is 0.306 e. The average Bonchev–Trinajstić information content (AvgIpc) is 2.45. The summed E-state index contributed by atoms with van der Waals surface area (Å²) in [6.45, 7) is 6.06. The van der Waals surface area contributed by atoms with Gasteiger partial charge in [0.25, 0.3) is 5.91 Å². The fourth-order valence-electron chi connectivity index (χ4n) is 1.81. The molecule has 0 spiro atoms. The predicted octanol–water partition coefficient (Wildman–Crippen LogP) is 2.91. The van der Waals surface area contributed by atoms with Crippen LogP contribution in [0.4, 0.5) is 0 Å². The summed E-state index contributed by atoms with van der Waals surface area (Å²) in [5.41, 5.74) is 0.871. The SMILES string of the molecule is C#Cc1ccc(C(=O)NCCCCC(=O)OC(C)(C)C)cc1. The highest BCUT2D eigenvalue weighted by atomic mass is 16.6. The minimum atomic E-state index is -0.449. The first-order valence-corrected chi connectivity index (χ1v) is 7.38. The van der Waals surface area contributed by atoms with Crippen LogP contribution < -0.4 is 5.32 Å². The quantitative estimate of drug-likeness (QED) is 0.499. The number of benzene rings is 1. The van der Waals surface area contributed by atoms with Gasteiger partial charge >= 0.3 is 5.97 Å². The molecule has 0 aliphatic carbocycles. The van der Waals surface area contributed by atoms with Crippen LogP contribution in [0, 0.1) is 12.3 Å². The third-order valence-corrected chi connectivity index (χ3v) is 2.83. The van der Waals surface area contributed by atoms with Gasteiger partial charge in [-0.15, -0.1) is 6.42 Å². The van der Waals surface area contributed by atoms with Gasteiger partial charge in [0.2, 0.25) is 0 Å². The lowest BCUT2D eigenvalue weighted by molar-refractivity contribution is -0.154. The van der Waals surface area contributed by atoms with Crippen molar-refractivity contribution in [2.24, 2.45) is 0 Å². The molecule has 0 radical (unpaired) electrons. The summed E-state index contributed by atoms with van der Waals surface area (Å²) in [5.74, 6) is 2.16. The molecule has 1 amide bonds. The predicted molar refractivity (Wildman–Crippen MR) is 86.4 cm³/mol. The molecule has 0 aliphatic heterocycles. The van der Waals surface area contributed by atoms with Gasteiger partial charge in [-0.25, -0.2) is 0 Å². The largest absolute Gasteiger partial charge is 0.460 e. The maximum absolute atomic E-state index is 11.9. The number of unbranched alkanes of at least 4 members (excludes halogenated alkanes) is 1. The summed E-state index contributed by atoms with van der Waals surface area (Å²) in [7, 11) is 0. The molecular formula is C18H23NO3. The van der Waals surface area contributed by atoms with E-state index >= 15 is 0 Å². The molecule has 0 fully saturated rings. The topological polar surface area (TPSA) is 55.4 Å². The van der Waals surface area contributed by atoms with Gasteiger partial charge in [0.05, 0.1) is 0 Å². The molecule has 0 unspecified atom stereocenters. The Morgan fingerprint density at radius 2 is 1.82 bits per heavy atom. The zero-order valence-electron chi connectivity index (χ0n) is 13.4. The van der Waals surface area contributed by atoms with Crippen LogP contribution in [-0.4, -0.2) is 24.0 Å². The molecular weight excluding hydrogens is 278 g/mol. The van der Waals surface area contributed by atoms with Gasteiger partial charge in [-0.3, -0.25) is 9.59 Å². The number of carbonyl (C=O) groups excluding carboxylic acids is 2. The highest BCUT2D eigenvalue weighted by Gasteiger charge is 2.15. The summed E-state index contributed by atoms with van der Waals surface area (Å²) in [4.78, 5) is 23.4. The summed E-state index contributed by atoms with van der Waals surface area (Å²) in [6.07, 6.45) is 7.04. The van der Waals surface area contributed by atoms with E-state index in [-0.39, 0.29) is 11.9 Å². The van der Waals surface area contributed by atoms with Crippen LogP contribution in [0.1, 0.15) is 56.0 Å². The average molecular weight is 301 g/mol. The van der Waals surface area contributed by atoms with E-state index in [4.69, 9.17) is 11.2 Å². The molecule has 1 rings (SSSR count). The summed E-state index contributed by atoms with van der Waals surface area (Å²) >= 11 is 0. The molecule has 0 aromatic heterocycles. The van der Waals surface area contributed by atoms with Crippen LogP contribution in [0.25, 0.3) is 0 Å².